The topological polar surface area (TPSA) is 0 Å². The maximum atomic E-state index is 5.65. The predicted octanol–water partition coefficient (Wildman–Crippen LogP) is 4.99. The third kappa shape index (κ3) is 11.8. The summed E-state index contributed by atoms with van der Waals surface area (Å²) in [4.78, 5) is 0. The van der Waals surface area contributed by atoms with Crippen molar-refractivity contribution in [2.24, 2.45) is 0 Å². The third-order valence-electron chi connectivity index (χ3n) is 2.46. The van der Waals surface area contributed by atoms with Gasteiger partial charge in [0, 0.05) is 0 Å². The number of hydrogen-bond acceptors (Lipinski definition) is 0. The van der Waals surface area contributed by atoms with Crippen molar-refractivity contribution in [1.82, 2.24) is 0 Å². The van der Waals surface area contributed by atoms with Crippen molar-refractivity contribution >= 4 is 48.9 Å². The average Bonchev–Trinajstić information content (AvgIpc) is 2.17. The van der Waals surface area contributed by atoms with Crippen LogP contribution in [0.1, 0.15) is 27.7 Å². The monoisotopic (exact) mass is 394 g/mol. The molecule has 0 aromatic rings. The van der Waals surface area contributed by atoms with Gasteiger partial charge in [0.2, 0.25) is 0 Å². The van der Waals surface area contributed by atoms with Crippen LogP contribution < -0.4 is 0 Å². The minimum absolute atomic E-state index is 1.04. The molecule has 1 atom stereocenters. The molecule has 0 saturated heterocycles. The summed E-state index contributed by atoms with van der Waals surface area (Å²) in [5, 5.41) is 5.53. The van der Waals surface area contributed by atoms with Gasteiger partial charge in [-0.05, 0) is 0 Å². The first kappa shape index (κ1) is 17.3. The molecule has 0 bridgehead atoms. The Bertz CT molecular complexity index is 97.5. The van der Waals surface area contributed by atoms with Gasteiger partial charge in [-0.3, -0.25) is 0 Å². The zero-order valence-corrected chi connectivity index (χ0v) is 16.5. The summed E-state index contributed by atoms with van der Waals surface area (Å²) in [5.41, 5.74) is 0. The van der Waals surface area contributed by atoms with Crippen molar-refractivity contribution in [3.8, 4) is 0 Å². The van der Waals surface area contributed by atoms with Gasteiger partial charge in [-0.15, -0.1) is 0 Å². The standard InChI is InChI=1S/C6H15BrGe.C3H9ClGe/c1-4-8(7,5-2)6-3;1-3-5(2)4/h4-6H2,1-3H3;5H,3H2,1-2H3. The fourth-order valence-corrected chi connectivity index (χ4v) is 3.90. The van der Waals surface area contributed by atoms with E-state index in [4.69, 9.17) is 10.0 Å². The van der Waals surface area contributed by atoms with E-state index in [-0.39, 0.29) is 0 Å². The average molecular weight is 393 g/mol. The molecule has 0 aliphatic heterocycles. The van der Waals surface area contributed by atoms with Crippen molar-refractivity contribution in [1.29, 1.82) is 0 Å². The molecule has 0 radical (unpaired) electrons. The van der Waals surface area contributed by atoms with Gasteiger partial charge in [-0.2, -0.15) is 0 Å². The molecule has 1 unspecified atom stereocenters. The summed E-state index contributed by atoms with van der Waals surface area (Å²) in [6, 6.07) is 0. The summed E-state index contributed by atoms with van der Waals surface area (Å²) in [7, 11) is 5.65. The van der Waals surface area contributed by atoms with E-state index in [2.05, 4.69) is 47.5 Å². The van der Waals surface area contributed by atoms with Crippen LogP contribution in [-0.2, 0) is 0 Å². The van der Waals surface area contributed by atoms with Crippen LogP contribution in [0.4, 0.5) is 0 Å². The van der Waals surface area contributed by atoms with E-state index in [0.717, 1.165) is 0 Å². The van der Waals surface area contributed by atoms with Gasteiger partial charge in [-0.1, -0.05) is 0 Å². The summed E-state index contributed by atoms with van der Waals surface area (Å²) >= 11 is 1.52. The molecule has 0 aromatic heterocycles. The van der Waals surface area contributed by atoms with Crippen molar-refractivity contribution in [2.45, 2.75) is 54.5 Å². The summed E-state index contributed by atoms with van der Waals surface area (Å²) in [6.45, 7) is 9.07. The Kier molecular flexibility index (Phi) is 13.8. The molecule has 0 aromatic carbocycles. The Morgan fingerprint density at radius 2 is 1.31 bits per heavy atom. The molecule has 0 amide bonds. The first-order valence-corrected chi connectivity index (χ1v) is 22.0. The number of rotatable bonds is 4. The van der Waals surface area contributed by atoms with E-state index in [0.29, 0.717) is 0 Å². The molecule has 0 aliphatic carbocycles. The normalized spacial score (nSPS) is 13.2. The van der Waals surface area contributed by atoms with Crippen molar-refractivity contribution in [3.63, 3.8) is 0 Å². The second-order valence-electron chi connectivity index (χ2n) is 3.40. The van der Waals surface area contributed by atoms with Gasteiger partial charge >= 0.3 is 103 Å². The summed E-state index contributed by atoms with van der Waals surface area (Å²) in [5.74, 6) is 2.18. The van der Waals surface area contributed by atoms with Crippen LogP contribution in [0.25, 0.3) is 0 Å². The fourth-order valence-electron chi connectivity index (χ4n) is 0.750. The zero-order valence-electron chi connectivity index (χ0n) is 9.66. The second kappa shape index (κ2) is 10.4. The Labute approximate surface area is 102 Å². The molecule has 4 heteroatoms. The van der Waals surface area contributed by atoms with Gasteiger partial charge in [0.1, 0.15) is 0 Å². The quantitative estimate of drug-likeness (QED) is 0.591. The zero-order chi connectivity index (χ0) is 10.9. The molecule has 0 heterocycles. The number of hydrogen-bond donors (Lipinski definition) is 0. The Hall–Kier alpha value is 1.86. The molecule has 0 N–H and O–H groups in total. The molecule has 0 saturated carbocycles. The molecular weight excluding hydrogens is 369 g/mol. The molecule has 13 heavy (non-hydrogen) atoms. The van der Waals surface area contributed by atoms with Crippen LogP contribution in [0.5, 0.6) is 0 Å². The van der Waals surface area contributed by atoms with Crippen molar-refractivity contribution in [2.75, 3.05) is 0 Å². The Morgan fingerprint density at radius 1 is 1.08 bits per heavy atom. The third-order valence-corrected chi connectivity index (χ3v) is 23.1. The minimum atomic E-state index is -1.31. The van der Waals surface area contributed by atoms with Crippen LogP contribution in [0.2, 0.25) is 26.8 Å². The van der Waals surface area contributed by atoms with E-state index in [1.54, 1.807) is 0 Å². The second-order valence-corrected chi connectivity index (χ2v) is 30.3. The van der Waals surface area contributed by atoms with Crippen LogP contribution >= 0.6 is 24.0 Å². The van der Waals surface area contributed by atoms with E-state index >= 15 is 0 Å². The molecule has 0 aliphatic rings. The van der Waals surface area contributed by atoms with Gasteiger partial charge in [0.25, 0.3) is 0 Å². The fraction of sp³-hybridized carbons (Fsp3) is 1.00. The summed E-state index contributed by atoms with van der Waals surface area (Å²) < 4.78 is 0. The molecule has 0 spiro atoms. The van der Waals surface area contributed by atoms with Gasteiger partial charge < -0.3 is 0 Å². The first-order valence-electron chi connectivity index (χ1n) is 5.28. The molecule has 0 fully saturated rings. The van der Waals surface area contributed by atoms with Gasteiger partial charge in [-0.25, -0.2) is 0 Å². The van der Waals surface area contributed by atoms with Crippen LogP contribution in [0.15, 0.2) is 0 Å². The SMILES string of the molecule is C[CH2][GeH]([CH3])[Cl].C[CH2][Ge]([Br])([CH2]C)[CH2]C. The Morgan fingerprint density at radius 3 is 1.31 bits per heavy atom. The summed E-state index contributed by atoms with van der Waals surface area (Å²) in [6.07, 6.45) is 0. The maximum absolute atomic E-state index is 5.65. The molecule has 82 valence electrons. The van der Waals surface area contributed by atoms with Crippen LogP contribution in [0.3, 0.4) is 0 Å². The van der Waals surface area contributed by atoms with Crippen LogP contribution in [0, 0.1) is 0 Å². The number of halogens is 2. The van der Waals surface area contributed by atoms with Crippen LogP contribution in [-0.4, -0.2) is 24.8 Å². The predicted molar refractivity (Wildman–Crippen MR) is 75.5 cm³/mol. The van der Waals surface area contributed by atoms with Gasteiger partial charge in [0.05, 0.1) is 0 Å². The van der Waals surface area contributed by atoms with E-state index in [9.17, 15) is 0 Å². The van der Waals surface area contributed by atoms with E-state index < -0.39 is 24.8 Å². The molecule has 0 nitrogen and oxygen atoms in total. The Balaban J connectivity index is 0. The first-order chi connectivity index (χ1) is 5.95. The molecule has 0 rings (SSSR count). The van der Waals surface area contributed by atoms with E-state index in [1.807, 2.05) is 0 Å². The van der Waals surface area contributed by atoms with Crippen molar-refractivity contribution < 1.29 is 0 Å². The van der Waals surface area contributed by atoms with E-state index in [1.165, 1.54) is 21.0 Å². The molecular formula is C9H24BrClGe2. The van der Waals surface area contributed by atoms with Gasteiger partial charge in [0.15, 0.2) is 0 Å². The van der Waals surface area contributed by atoms with Crippen molar-refractivity contribution in [3.05, 3.63) is 0 Å².